The Balaban J connectivity index is 2.16. The molecular weight excluding hydrogens is 235 g/mol. The van der Waals surface area contributed by atoms with Crippen LogP contribution in [0, 0.1) is 5.82 Å². The number of halogens is 1. The molecule has 0 atom stereocenters. The highest BCUT2D eigenvalue weighted by molar-refractivity contribution is 5.66. The number of carbonyl (C=O) groups is 1. The van der Waals surface area contributed by atoms with Gasteiger partial charge in [-0.3, -0.25) is 4.79 Å². The summed E-state index contributed by atoms with van der Waals surface area (Å²) in [7, 11) is 0. The lowest BCUT2D eigenvalue weighted by Crippen LogP contribution is -2.42. The van der Waals surface area contributed by atoms with Gasteiger partial charge in [-0.15, -0.1) is 0 Å². The zero-order valence-corrected chi connectivity index (χ0v) is 10.4. The first-order chi connectivity index (χ1) is 8.60. The number of benzene rings is 1. The molecule has 0 bridgehead atoms. The molecule has 0 amide bonds. The molecule has 0 aromatic heterocycles. The van der Waals surface area contributed by atoms with E-state index in [9.17, 15) is 9.18 Å². The standard InChI is InChI=1S/C14H17FO3/c1-11(16)17-14(8-3-2-4-9-14)18-13-7-5-6-12(15)10-13/h5-7,10H,2-4,8-9H2,1H3. The Morgan fingerprint density at radius 2 is 2.00 bits per heavy atom. The smallest absolute Gasteiger partial charge is 0.305 e. The summed E-state index contributed by atoms with van der Waals surface area (Å²) in [5, 5.41) is 0. The molecule has 0 spiro atoms. The second kappa shape index (κ2) is 5.38. The van der Waals surface area contributed by atoms with E-state index in [0.29, 0.717) is 18.6 Å². The minimum atomic E-state index is -0.919. The summed E-state index contributed by atoms with van der Waals surface area (Å²) >= 11 is 0. The van der Waals surface area contributed by atoms with Gasteiger partial charge in [0, 0.05) is 25.8 Å². The van der Waals surface area contributed by atoms with E-state index in [4.69, 9.17) is 9.47 Å². The van der Waals surface area contributed by atoms with Crippen LogP contribution in [0.4, 0.5) is 4.39 Å². The molecule has 1 aliphatic carbocycles. The van der Waals surface area contributed by atoms with Crippen molar-refractivity contribution in [3.8, 4) is 5.75 Å². The molecule has 0 N–H and O–H groups in total. The zero-order valence-electron chi connectivity index (χ0n) is 10.4. The summed E-state index contributed by atoms with van der Waals surface area (Å²) in [6, 6.07) is 5.91. The summed E-state index contributed by atoms with van der Waals surface area (Å²) in [5.41, 5.74) is 0. The van der Waals surface area contributed by atoms with Crippen LogP contribution in [0.15, 0.2) is 24.3 Å². The molecule has 1 aliphatic rings. The van der Waals surface area contributed by atoms with Crippen LogP contribution in [-0.2, 0) is 9.53 Å². The van der Waals surface area contributed by atoms with Crippen LogP contribution in [0.3, 0.4) is 0 Å². The van der Waals surface area contributed by atoms with Gasteiger partial charge in [0.15, 0.2) is 0 Å². The Hall–Kier alpha value is -1.58. The zero-order chi connectivity index (χ0) is 13.0. The Kier molecular flexibility index (Phi) is 3.84. The lowest BCUT2D eigenvalue weighted by atomic mass is 9.94. The minimum Gasteiger partial charge on any atom is -0.452 e. The Labute approximate surface area is 106 Å². The summed E-state index contributed by atoms with van der Waals surface area (Å²) in [6.07, 6.45) is 4.31. The quantitative estimate of drug-likeness (QED) is 0.610. The summed E-state index contributed by atoms with van der Waals surface area (Å²) < 4.78 is 24.2. The molecule has 1 aromatic carbocycles. The van der Waals surface area contributed by atoms with E-state index in [1.165, 1.54) is 19.1 Å². The summed E-state index contributed by atoms with van der Waals surface area (Å²) in [5.74, 6) is -1.24. The van der Waals surface area contributed by atoms with Gasteiger partial charge in [-0.05, 0) is 25.0 Å². The molecular formula is C14H17FO3. The fraction of sp³-hybridized carbons (Fsp3) is 0.500. The van der Waals surface area contributed by atoms with E-state index in [0.717, 1.165) is 19.3 Å². The van der Waals surface area contributed by atoms with Gasteiger partial charge in [0.05, 0.1) is 0 Å². The first kappa shape index (κ1) is 12.9. The van der Waals surface area contributed by atoms with Gasteiger partial charge in [0.2, 0.25) is 0 Å². The number of hydrogen-bond donors (Lipinski definition) is 0. The van der Waals surface area contributed by atoms with Crippen molar-refractivity contribution in [2.24, 2.45) is 0 Å². The van der Waals surface area contributed by atoms with Crippen molar-refractivity contribution in [2.75, 3.05) is 0 Å². The molecule has 0 heterocycles. The van der Waals surface area contributed by atoms with Crippen LogP contribution in [0.5, 0.6) is 5.75 Å². The monoisotopic (exact) mass is 252 g/mol. The Morgan fingerprint density at radius 3 is 2.61 bits per heavy atom. The van der Waals surface area contributed by atoms with Crippen molar-refractivity contribution in [3.63, 3.8) is 0 Å². The van der Waals surface area contributed by atoms with Crippen molar-refractivity contribution in [1.82, 2.24) is 0 Å². The van der Waals surface area contributed by atoms with E-state index in [-0.39, 0.29) is 11.8 Å². The highest BCUT2D eigenvalue weighted by Gasteiger charge is 2.37. The normalized spacial score (nSPS) is 18.1. The predicted molar refractivity (Wildman–Crippen MR) is 64.6 cm³/mol. The molecule has 1 aromatic rings. The summed E-state index contributed by atoms with van der Waals surface area (Å²) in [4.78, 5) is 11.2. The SMILES string of the molecule is CC(=O)OC1(Oc2cccc(F)c2)CCCCC1. The third-order valence-electron chi connectivity index (χ3n) is 3.05. The minimum absolute atomic E-state index is 0.360. The molecule has 0 aliphatic heterocycles. The molecule has 2 rings (SSSR count). The molecule has 1 fully saturated rings. The van der Waals surface area contributed by atoms with Crippen LogP contribution in [-0.4, -0.2) is 11.8 Å². The Bertz CT molecular complexity index is 425. The molecule has 0 radical (unpaired) electrons. The fourth-order valence-electron chi connectivity index (χ4n) is 2.32. The Morgan fingerprint density at radius 1 is 1.28 bits per heavy atom. The lowest BCUT2D eigenvalue weighted by molar-refractivity contribution is -0.206. The van der Waals surface area contributed by atoms with E-state index < -0.39 is 5.79 Å². The maximum Gasteiger partial charge on any atom is 0.305 e. The largest absolute Gasteiger partial charge is 0.452 e. The van der Waals surface area contributed by atoms with E-state index in [1.807, 2.05) is 0 Å². The van der Waals surface area contributed by atoms with Gasteiger partial charge < -0.3 is 9.47 Å². The molecule has 1 saturated carbocycles. The molecule has 4 heteroatoms. The van der Waals surface area contributed by atoms with E-state index >= 15 is 0 Å². The van der Waals surface area contributed by atoms with Gasteiger partial charge in [-0.1, -0.05) is 12.5 Å². The van der Waals surface area contributed by atoms with Crippen molar-refractivity contribution in [2.45, 2.75) is 44.8 Å². The molecule has 0 saturated heterocycles. The van der Waals surface area contributed by atoms with Crippen molar-refractivity contribution in [1.29, 1.82) is 0 Å². The molecule has 3 nitrogen and oxygen atoms in total. The van der Waals surface area contributed by atoms with Gasteiger partial charge in [0.1, 0.15) is 11.6 Å². The lowest BCUT2D eigenvalue weighted by Gasteiger charge is -2.36. The maximum atomic E-state index is 13.1. The third kappa shape index (κ3) is 3.22. The second-order valence-corrected chi connectivity index (χ2v) is 4.62. The number of esters is 1. The highest BCUT2D eigenvalue weighted by atomic mass is 19.1. The summed E-state index contributed by atoms with van der Waals surface area (Å²) in [6.45, 7) is 1.37. The van der Waals surface area contributed by atoms with Crippen LogP contribution < -0.4 is 4.74 Å². The van der Waals surface area contributed by atoms with Crippen LogP contribution in [0.1, 0.15) is 39.0 Å². The van der Waals surface area contributed by atoms with Gasteiger partial charge in [-0.2, -0.15) is 0 Å². The maximum absolute atomic E-state index is 13.1. The fourth-order valence-corrected chi connectivity index (χ4v) is 2.32. The van der Waals surface area contributed by atoms with Crippen LogP contribution in [0.25, 0.3) is 0 Å². The number of hydrogen-bond acceptors (Lipinski definition) is 3. The highest BCUT2D eigenvalue weighted by Crippen LogP contribution is 2.34. The predicted octanol–water partition coefficient (Wildman–Crippen LogP) is 3.43. The number of ether oxygens (including phenoxy) is 2. The second-order valence-electron chi connectivity index (χ2n) is 4.62. The third-order valence-corrected chi connectivity index (χ3v) is 3.05. The average molecular weight is 252 g/mol. The molecule has 0 unspecified atom stereocenters. The van der Waals surface area contributed by atoms with Crippen molar-refractivity contribution < 1.29 is 18.7 Å². The van der Waals surface area contributed by atoms with Crippen LogP contribution >= 0.6 is 0 Å². The van der Waals surface area contributed by atoms with Gasteiger partial charge >= 0.3 is 5.97 Å². The first-order valence-corrected chi connectivity index (χ1v) is 6.24. The first-order valence-electron chi connectivity index (χ1n) is 6.24. The van der Waals surface area contributed by atoms with Crippen molar-refractivity contribution in [3.05, 3.63) is 30.1 Å². The van der Waals surface area contributed by atoms with E-state index in [1.54, 1.807) is 12.1 Å². The van der Waals surface area contributed by atoms with Gasteiger partial charge in [-0.25, -0.2) is 4.39 Å². The van der Waals surface area contributed by atoms with E-state index in [2.05, 4.69) is 0 Å². The molecule has 98 valence electrons. The van der Waals surface area contributed by atoms with Crippen molar-refractivity contribution >= 4 is 5.97 Å². The van der Waals surface area contributed by atoms with Crippen LogP contribution in [0.2, 0.25) is 0 Å². The number of rotatable bonds is 3. The number of carbonyl (C=O) groups excluding carboxylic acids is 1. The topological polar surface area (TPSA) is 35.5 Å². The van der Waals surface area contributed by atoms with Gasteiger partial charge in [0.25, 0.3) is 5.79 Å². The molecule has 18 heavy (non-hydrogen) atoms. The average Bonchev–Trinajstić information content (AvgIpc) is 2.28.